The number of hydrogen-bond acceptors (Lipinski definition) is 3. The Hall–Kier alpha value is -1.72. The molecule has 0 fully saturated rings. The van der Waals surface area contributed by atoms with E-state index >= 15 is 0 Å². The summed E-state index contributed by atoms with van der Waals surface area (Å²) in [6.45, 7) is 3.88. The molecule has 0 amide bonds. The average molecular weight is 304 g/mol. The first kappa shape index (κ1) is 16.6. The van der Waals surface area contributed by atoms with Gasteiger partial charge in [0.1, 0.15) is 11.5 Å². The number of aromatic nitrogens is 2. The van der Waals surface area contributed by atoms with Gasteiger partial charge in [-0.15, -0.1) is 0 Å². The highest BCUT2D eigenvalue weighted by atomic mass is 19.1. The Morgan fingerprint density at radius 2 is 2.09 bits per heavy atom. The van der Waals surface area contributed by atoms with Crippen LogP contribution < -0.4 is 5.32 Å². The Labute approximate surface area is 131 Å². The molecule has 0 aliphatic heterocycles. The number of halogens is 1. The van der Waals surface area contributed by atoms with Crippen LogP contribution >= 0.6 is 0 Å². The fourth-order valence-corrected chi connectivity index (χ4v) is 2.48. The smallest absolute Gasteiger partial charge is 0.148 e. The van der Waals surface area contributed by atoms with E-state index in [1.807, 2.05) is 12.3 Å². The van der Waals surface area contributed by atoms with E-state index in [0.29, 0.717) is 11.7 Å². The maximum absolute atomic E-state index is 13.7. The predicted octanol–water partition coefficient (Wildman–Crippen LogP) is 2.83. The highest BCUT2D eigenvalue weighted by Gasteiger charge is 2.10. The zero-order valence-corrected chi connectivity index (χ0v) is 13.6. The number of nitrogens with one attached hydrogen (secondary N) is 1. The zero-order valence-electron chi connectivity index (χ0n) is 13.6. The number of likely N-dealkylation sites (N-methyl/N-ethyl adjacent to an activating group) is 1. The average Bonchev–Trinajstić information content (AvgIpc) is 2.95. The number of para-hydroxylation sites is 1. The van der Waals surface area contributed by atoms with Gasteiger partial charge in [-0.2, -0.15) is 5.10 Å². The predicted molar refractivity (Wildman–Crippen MR) is 87.6 cm³/mol. The second-order valence-electron chi connectivity index (χ2n) is 5.78. The quantitative estimate of drug-likeness (QED) is 0.814. The van der Waals surface area contributed by atoms with Crippen molar-refractivity contribution in [1.29, 1.82) is 0 Å². The molecule has 0 spiro atoms. The molecule has 0 saturated carbocycles. The van der Waals surface area contributed by atoms with Gasteiger partial charge in [0.25, 0.3) is 0 Å². The summed E-state index contributed by atoms with van der Waals surface area (Å²) < 4.78 is 15.3. The minimum Gasteiger partial charge on any atom is -0.311 e. The maximum atomic E-state index is 13.7. The zero-order chi connectivity index (χ0) is 15.9. The van der Waals surface area contributed by atoms with Gasteiger partial charge in [-0.05, 0) is 32.6 Å². The molecular weight excluding hydrogens is 279 g/mol. The Balaban J connectivity index is 1.91. The van der Waals surface area contributed by atoms with Crippen LogP contribution in [0, 0.1) is 5.82 Å². The van der Waals surface area contributed by atoms with Crippen molar-refractivity contribution in [2.75, 3.05) is 20.6 Å². The van der Waals surface area contributed by atoms with Crippen molar-refractivity contribution in [3.05, 3.63) is 48.0 Å². The summed E-state index contributed by atoms with van der Waals surface area (Å²) in [5, 5.41) is 7.70. The van der Waals surface area contributed by atoms with E-state index in [1.165, 1.54) is 18.9 Å². The van der Waals surface area contributed by atoms with Gasteiger partial charge in [-0.1, -0.05) is 25.5 Å². The lowest BCUT2D eigenvalue weighted by Gasteiger charge is -2.24. The van der Waals surface area contributed by atoms with Gasteiger partial charge >= 0.3 is 0 Å². The summed E-state index contributed by atoms with van der Waals surface area (Å²) >= 11 is 0. The second-order valence-corrected chi connectivity index (χ2v) is 5.78. The minimum atomic E-state index is -0.263. The molecule has 4 nitrogen and oxygen atoms in total. The minimum absolute atomic E-state index is 0.263. The molecular formula is C17H25FN4. The second kappa shape index (κ2) is 8.06. The molecule has 0 bridgehead atoms. The lowest BCUT2D eigenvalue weighted by Crippen LogP contribution is -2.37. The first-order valence-corrected chi connectivity index (χ1v) is 7.77. The van der Waals surface area contributed by atoms with Crippen molar-refractivity contribution >= 4 is 0 Å². The van der Waals surface area contributed by atoms with Crippen LogP contribution in [0.4, 0.5) is 4.39 Å². The van der Waals surface area contributed by atoms with Crippen molar-refractivity contribution in [2.45, 2.75) is 32.4 Å². The van der Waals surface area contributed by atoms with Crippen LogP contribution in [0.5, 0.6) is 0 Å². The Morgan fingerprint density at radius 1 is 1.32 bits per heavy atom. The highest BCUT2D eigenvalue weighted by Crippen LogP contribution is 2.12. The van der Waals surface area contributed by atoms with Crippen LogP contribution in [0.25, 0.3) is 5.69 Å². The van der Waals surface area contributed by atoms with E-state index in [0.717, 1.165) is 18.7 Å². The van der Waals surface area contributed by atoms with Gasteiger partial charge < -0.3 is 10.2 Å². The molecule has 1 N–H and O–H groups in total. The molecule has 1 atom stereocenters. The molecule has 22 heavy (non-hydrogen) atoms. The third kappa shape index (κ3) is 4.39. The molecule has 5 heteroatoms. The van der Waals surface area contributed by atoms with Crippen molar-refractivity contribution in [3.63, 3.8) is 0 Å². The van der Waals surface area contributed by atoms with E-state index in [1.54, 1.807) is 23.0 Å². The Morgan fingerprint density at radius 3 is 2.77 bits per heavy atom. The highest BCUT2D eigenvalue weighted by molar-refractivity contribution is 5.32. The number of nitrogens with zero attached hydrogens (tertiary/aromatic N) is 3. The van der Waals surface area contributed by atoms with Gasteiger partial charge in [0.2, 0.25) is 0 Å². The molecule has 1 heterocycles. The SMILES string of the molecule is CCCC(CNCc1cnn(-c2ccccc2F)c1)N(C)C. The van der Waals surface area contributed by atoms with Gasteiger partial charge in [-0.25, -0.2) is 9.07 Å². The number of rotatable bonds is 8. The summed E-state index contributed by atoms with van der Waals surface area (Å²) in [6, 6.07) is 7.20. The van der Waals surface area contributed by atoms with Gasteiger partial charge in [-0.3, -0.25) is 0 Å². The molecule has 1 aromatic carbocycles. The van der Waals surface area contributed by atoms with Crippen molar-refractivity contribution < 1.29 is 4.39 Å². The van der Waals surface area contributed by atoms with E-state index in [9.17, 15) is 4.39 Å². The molecule has 1 unspecified atom stereocenters. The van der Waals surface area contributed by atoms with E-state index in [4.69, 9.17) is 0 Å². The summed E-state index contributed by atoms with van der Waals surface area (Å²) in [5.41, 5.74) is 1.53. The maximum Gasteiger partial charge on any atom is 0.148 e. The van der Waals surface area contributed by atoms with Crippen LogP contribution in [0.2, 0.25) is 0 Å². The molecule has 2 aromatic rings. The number of hydrogen-bond donors (Lipinski definition) is 1. The Bertz CT molecular complexity index is 580. The van der Waals surface area contributed by atoms with Crippen LogP contribution in [0.3, 0.4) is 0 Å². The van der Waals surface area contributed by atoms with Gasteiger partial charge in [0.15, 0.2) is 0 Å². The lowest BCUT2D eigenvalue weighted by molar-refractivity contribution is 0.267. The molecule has 0 aliphatic carbocycles. The molecule has 0 saturated heterocycles. The molecule has 2 rings (SSSR count). The van der Waals surface area contributed by atoms with Crippen LogP contribution in [-0.4, -0.2) is 41.4 Å². The monoisotopic (exact) mass is 304 g/mol. The normalized spacial score (nSPS) is 12.8. The topological polar surface area (TPSA) is 33.1 Å². The first-order valence-electron chi connectivity index (χ1n) is 7.77. The molecule has 0 radical (unpaired) electrons. The molecule has 120 valence electrons. The number of benzene rings is 1. The van der Waals surface area contributed by atoms with Gasteiger partial charge in [0.05, 0.1) is 6.20 Å². The summed E-state index contributed by atoms with van der Waals surface area (Å²) in [6.07, 6.45) is 6.00. The largest absolute Gasteiger partial charge is 0.311 e. The third-order valence-electron chi connectivity index (χ3n) is 3.80. The summed E-state index contributed by atoms with van der Waals surface area (Å²) in [5.74, 6) is -0.263. The third-order valence-corrected chi connectivity index (χ3v) is 3.80. The van der Waals surface area contributed by atoms with Crippen molar-refractivity contribution in [1.82, 2.24) is 20.0 Å². The van der Waals surface area contributed by atoms with Crippen LogP contribution in [0.15, 0.2) is 36.7 Å². The summed E-state index contributed by atoms with van der Waals surface area (Å²) in [4.78, 5) is 2.25. The van der Waals surface area contributed by atoms with Crippen LogP contribution in [-0.2, 0) is 6.54 Å². The molecule has 1 aromatic heterocycles. The molecule has 0 aliphatic rings. The van der Waals surface area contributed by atoms with Crippen molar-refractivity contribution in [3.8, 4) is 5.69 Å². The fraction of sp³-hybridized carbons (Fsp3) is 0.471. The van der Waals surface area contributed by atoms with E-state index in [2.05, 4.69) is 36.3 Å². The van der Waals surface area contributed by atoms with Crippen molar-refractivity contribution in [2.24, 2.45) is 0 Å². The van der Waals surface area contributed by atoms with E-state index < -0.39 is 0 Å². The summed E-state index contributed by atoms with van der Waals surface area (Å²) in [7, 11) is 4.22. The van der Waals surface area contributed by atoms with E-state index in [-0.39, 0.29) is 5.82 Å². The van der Waals surface area contributed by atoms with Gasteiger partial charge in [0, 0.05) is 30.9 Å². The fourth-order valence-electron chi connectivity index (χ4n) is 2.48. The standard InChI is InChI=1S/C17H25FN4/c1-4-7-15(21(2)3)12-19-10-14-11-20-22(13-14)17-9-6-5-8-16(17)18/h5-6,8-9,11,13,15,19H,4,7,10,12H2,1-3H3. The Kier molecular flexibility index (Phi) is 6.10. The lowest BCUT2D eigenvalue weighted by atomic mass is 10.1. The first-order chi connectivity index (χ1) is 10.6. The van der Waals surface area contributed by atoms with Crippen LogP contribution in [0.1, 0.15) is 25.3 Å².